The molecule has 11 heteroatoms. The predicted molar refractivity (Wildman–Crippen MR) is 133 cm³/mol. The smallest absolute Gasteiger partial charge is 0.244 e. The molecule has 2 aromatic rings. The topological polar surface area (TPSA) is 86.8 Å². The lowest BCUT2D eigenvalue weighted by atomic mass is 10.1. The van der Waals surface area contributed by atoms with Crippen molar-refractivity contribution >= 4 is 50.7 Å². The molecule has 0 aliphatic carbocycles. The van der Waals surface area contributed by atoms with Crippen molar-refractivity contribution in [1.29, 1.82) is 0 Å². The van der Waals surface area contributed by atoms with Crippen LogP contribution in [0, 0.1) is 5.82 Å². The van der Waals surface area contributed by atoms with Crippen LogP contribution in [-0.2, 0) is 26.2 Å². The minimum absolute atomic E-state index is 0.00729. The van der Waals surface area contributed by atoms with Gasteiger partial charge in [0.05, 0.1) is 11.9 Å². The van der Waals surface area contributed by atoms with Crippen molar-refractivity contribution in [2.24, 2.45) is 0 Å². The van der Waals surface area contributed by atoms with Crippen LogP contribution in [0.4, 0.5) is 10.1 Å². The Morgan fingerprint density at radius 1 is 1.12 bits per heavy atom. The maximum absolute atomic E-state index is 13.8. The van der Waals surface area contributed by atoms with E-state index in [-0.39, 0.29) is 12.2 Å². The molecule has 0 spiro atoms. The first-order chi connectivity index (χ1) is 15.6. The number of nitrogens with zero attached hydrogens (tertiary/aromatic N) is 2. The van der Waals surface area contributed by atoms with Crippen LogP contribution in [0.15, 0.2) is 42.5 Å². The van der Waals surface area contributed by atoms with E-state index in [1.165, 1.54) is 36.1 Å². The Balaban J connectivity index is 2.44. The van der Waals surface area contributed by atoms with Crippen molar-refractivity contribution in [2.75, 3.05) is 17.1 Å². The summed E-state index contributed by atoms with van der Waals surface area (Å²) >= 11 is 12.3. The number of benzene rings is 2. The molecule has 0 radical (unpaired) electrons. The Morgan fingerprint density at radius 3 is 2.29 bits per heavy atom. The molecule has 0 aromatic heterocycles. The number of sulfonamides is 1. The first-order valence-electron chi connectivity index (χ1n) is 10.4. The molecule has 34 heavy (non-hydrogen) atoms. The minimum Gasteiger partial charge on any atom is -0.350 e. The molecule has 2 aromatic carbocycles. The van der Waals surface area contributed by atoms with E-state index >= 15 is 0 Å². The third-order valence-corrected chi connectivity index (χ3v) is 6.52. The highest BCUT2D eigenvalue weighted by atomic mass is 35.5. The number of carbonyl (C=O) groups excluding carboxylic acids is 2. The molecule has 0 heterocycles. The van der Waals surface area contributed by atoms with Crippen LogP contribution in [0.3, 0.4) is 0 Å². The maximum Gasteiger partial charge on any atom is 0.244 e. The second-order valence-corrected chi connectivity index (χ2v) is 11.7. The van der Waals surface area contributed by atoms with Gasteiger partial charge in [-0.1, -0.05) is 35.3 Å². The Morgan fingerprint density at radius 2 is 1.76 bits per heavy atom. The SMILES string of the molecule is C[C@@H](C(=O)NC(C)(C)C)N(Cc1ccc(Cl)cc1Cl)C(=O)CN(c1cccc(F)c1)S(C)(=O)=O. The average Bonchev–Trinajstić information content (AvgIpc) is 2.68. The maximum atomic E-state index is 13.8. The standard InChI is InChI=1S/C23H28Cl2FN3O4S/c1-15(22(31)27-23(2,3)4)28(13-16-9-10-17(24)11-20(16)25)21(30)14-29(34(5,32)33)19-8-6-7-18(26)12-19/h6-12,15H,13-14H2,1-5H3,(H,27,31)/t15-/m0/s1. The number of rotatable bonds is 8. The lowest BCUT2D eigenvalue weighted by molar-refractivity contribution is -0.140. The molecule has 0 saturated heterocycles. The van der Waals surface area contributed by atoms with E-state index in [0.29, 0.717) is 15.6 Å². The van der Waals surface area contributed by atoms with Gasteiger partial charge in [0.25, 0.3) is 0 Å². The summed E-state index contributed by atoms with van der Waals surface area (Å²) in [5.74, 6) is -1.75. The summed E-state index contributed by atoms with van der Waals surface area (Å²) in [4.78, 5) is 27.6. The molecule has 0 fully saturated rings. The van der Waals surface area contributed by atoms with Gasteiger partial charge in [0.1, 0.15) is 18.4 Å². The van der Waals surface area contributed by atoms with Crippen molar-refractivity contribution in [2.45, 2.75) is 45.8 Å². The summed E-state index contributed by atoms with van der Waals surface area (Å²) in [5, 5.41) is 3.51. The molecule has 1 N–H and O–H groups in total. The van der Waals surface area contributed by atoms with E-state index in [2.05, 4.69) is 5.32 Å². The highest BCUT2D eigenvalue weighted by Gasteiger charge is 2.31. The molecular weight excluding hydrogens is 504 g/mol. The monoisotopic (exact) mass is 531 g/mol. The Kier molecular flexibility index (Phi) is 8.96. The first-order valence-corrected chi connectivity index (χ1v) is 13.0. The van der Waals surface area contributed by atoms with Crippen LogP contribution in [0.2, 0.25) is 10.0 Å². The molecule has 0 aliphatic heterocycles. The number of hydrogen-bond acceptors (Lipinski definition) is 4. The molecule has 1 atom stereocenters. The molecule has 0 aliphatic rings. The number of amides is 2. The van der Waals surface area contributed by atoms with Crippen LogP contribution in [0.5, 0.6) is 0 Å². The zero-order chi connectivity index (χ0) is 25.8. The van der Waals surface area contributed by atoms with Crippen molar-refractivity contribution in [1.82, 2.24) is 10.2 Å². The van der Waals surface area contributed by atoms with Gasteiger partial charge in [-0.15, -0.1) is 0 Å². The van der Waals surface area contributed by atoms with Gasteiger partial charge in [0.15, 0.2) is 0 Å². The van der Waals surface area contributed by atoms with Gasteiger partial charge in [-0.3, -0.25) is 13.9 Å². The average molecular weight is 532 g/mol. The fourth-order valence-corrected chi connectivity index (χ4v) is 4.44. The van der Waals surface area contributed by atoms with E-state index in [9.17, 15) is 22.4 Å². The van der Waals surface area contributed by atoms with E-state index in [4.69, 9.17) is 23.2 Å². The second-order valence-electron chi connectivity index (χ2n) is 8.92. The summed E-state index contributed by atoms with van der Waals surface area (Å²) in [6.07, 6.45) is 0.918. The highest BCUT2D eigenvalue weighted by molar-refractivity contribution is 7.92. The van der Waals surface area contributed by atoms with Gasteiger partial charge >= 0.3 is 0 Å². The summed E-state index contributed by atoms with van der Waals surface area (Å²) in [6.45, 7) is 6.23. The lowest BCUT2D eigenvalue weighted by Crippen LogP contribution is -2.54. The summed E-state index contributed by atoms with van der Waals surface area (Å²) < 4.78 is 39.5. The van der Waals surface area contributed by atoms with Gasteiger partial charge < -0.3 is 10.2 Å². The summed E-state index contributed by atoms with van der Waals surface area (Å²) in [7, 11) is -3.95. The Hall–Kier alpha value is -2.36. The van der Waals surface area contributed by atoms with Crippen LogP contribution < -0.4 is 9.62 Å². The third kappa shape index (κ3) is 7.85. The van der Waals surface area contributed by atoms with E-state index < -0.39 is 45.8 Å². The second kappa shape index (κ2) is 10.9. The van der Waals surface area contributed by atoms with Crippen LogP contribution >= 0.6 is 23.2 Å². The zero-order valence-corrected chi connectivity index (χ0v) is 21.9. The largest absolute Gasteiger partial charge is 0.350 e. The van der Waals surface area contributed by atoms with Gasteiger partial charge in [-0.05, 0) is 63.6 Å². The predicted octanol–water partition coefficient (Wildman–Crippen LogP) is 4.23. The molecule has 0 unspecified atom stereocenters. The van der Waals surface area contributed by atoms with Crippen molar-refractivity contribution in [3.63, 3.8) is 0 Å². The number of halogens is 3. The summed E-state index contributed by atoms with van der Waals surface area (Å²) in [5.41, 5.74) is -0.0446. The normalized spacial score (nSPS) is 12.7. The Bertz CT molecular complexity index is 1170. The van der Waals surface area contributed by atoms with Gasteiger partial charge in [0, 0.05) is 22.1 Å². The molecule has 0 saturated carbocycles. The van der Waals surface area contributed by atoms with Gasteiger partial charge in [-0.2, -0.15) is 0 Å². The Labute approximate surface area is 209 Å². The summed E-state index contributed by atoms with van der Waals surface area (Å²) in [6, 6.07) is 8.68. The third-order valence-electron chi connectivity index (χ3n) is 4.80. The quantitative estimate of drug-likeness (QED) is 0.552. The number of carbonyl (C=O) groups is 2. The first kappa shape index (κ1) is 27.9. The lowest BCUT2D eigenvalue weighted by Gasteiger charge is -2.33. The van der Waals surface area contributed by atoms with Crippen LogP contribution in [0.1, 0.15) is 33.3 Å². The van der Waals surface area contributed by atoms with E-state index in [1.54, 1.807) is 32.9 Å². The number of nitrogens with one attached hydrogen (secondary N) is 1. The van der Waals surface area contributed by atoms with Crippen LogP contribution in [-0.4, -0.2) is 49.5 Å². The minimum atomic E-state index is -3.95. The zero-order valence-electron chi connectivity index (χ0n) is 19.6. The molecule has 7 nitrogen and oxygen atoms in total. The molecule has 2 rings (SSSR count). The number of hydrogen-bond donors (Lipinski definition) is 1. The van der Waals surface area contributed by atoms with Crippen molar-refractivity contribution in [3.8, 4) is 0 Å². The molecule has 2 amide bonds. The van der Waals surface area contributed by atoms with E-state index in [1.807, 2.05) is 0 Å². The number of anilines is 1. The van der Waals surface area contributed by atoms with Crippen molar-refractivity contribution in [3.05, 3.63) is 63.9 Å². The van der Waals surface area contributed by atoms with Gasteiger partial charge in [-0.25, -0.2) is 12.8 Å². The van der Waals surface area contributed by atoms with E-state index in [0.717, 1.165) is 16.6 Å². The molecule has 0 bridgehead atoms. The highest BCUT2D eigenvalue weighted by Crippen LogP contribution is 2.24. The molecular formula is C23H28Cl2FN3O4S. The van der Waals surface area contributed by atoms with Crippen LogP contribution in [0.25, 0.3) is 0 Å². The molecule has 186 valence electrons. The fraction of sp³-hybridized carbons (Fsp3) is 0.391. The van der Waals surface area contributed by atoms with Crippen molar-refractivity contribution < 1.29 is 22.4 Å². The van der Waals surface area contributed by atoms with Gasteiger partial charge in [0.2, 0.25) is 21.8 Å². The fourth-order valence-electron chi connectivity index (χ4n) is 3.14.